The maximum absolute atomic E-state index is 11.8. The number of nitrogens with two attached hydrogens (primary N) is 1. The van der Waals surface area contributed by atoms with E-state index in [1.165, 1.54) is 0 Å². The van der Waals surface area contributed by atoms with E-state index in [-0.39, 0.29) is 11.9 Å². The summed E-state index contributed by atoms with van der Waals surface area (Å²) in [7, 11) is 0. The number of nitrogens with one attached hydrogen (secondary N) is 2. The van der Waals surface area contributed by atoms with E-state index >= 15 is 0 Å². The minimum absolute atomic E-state index is 0.0108. The van der Waals surface area contributed by atoms with Crippen molar-refractivity contribution in [1.82, 2.24) is 15.3 Å². The Kier molecular flexibility index (Phi) is 6.71. The zero-order chi connectivity index (χ0) is 18.3. The molecule has 24 heavy (non-hydrogen) atoms. The summed E-state index contributed by atoms with van der Waals surface area (Å²) in [4.78, 5) is 27.9. The van der Waals surface area contributed by atoms with Gasteiger partial charge in [-0.25, -0.2) is 9.78 Å². The molecule has 0 aliphatic carbocycles. The highest BCUT2D eigenvalue weighted by Crippen LogP contribution is 2.13. The van der Waals surface area contributed by atoms with E-state index in [4.69, 9.17) is 15.6 Å². The quantitative estimate of drug-likeness (QED) is 0.671. The van der Waals surface area contributed by atoms with Crippen molar-refractivity contribution < 1.29 is 27.9 Å². The van der Waals surface area contributed by atoms with E-state index in [1.807, 2.05) is 31.2 Å². The van der Waals surface area contributed by atoms with Gasteiger partial charge in [0.1, 0.15) is 0 Å². The number of nitrogens with zero attached hydrogens (tertiary/aromatic N) is 1. The van der Waals surface area contributed by atoms with Crippen molar-refractivity contribution in [2.75, 3.05) is 6.54 Å². The number of alkyl halides is 3. The lowest BCUT2D eigenvalue weighted by Crippen LogP contribution is -2.37. The maximum Gasteiger partial charge on any atom is 0.490 e. The van der Waals surface area contributed by atoms with Crippen LogP contribution < -0.4 is 11.1 Å². The molecule has 0 spiro atoms. The molecule has 7 nitrogen and oxygen atoms in total. The molecule has 0 saturated carbocycles. The summed E-state index contributed by atoms with van der Waals surface area (Å²) < 4.78 is 31.7. The topological polar surface area (TPSA) is 121 Å². The number of aromatic nitrogens is 2. The Morgan fingerprint density at radius 2 is 1.96 bits per heavy atom. The van der Waals surface area contributed by atoms with E-state index in [9.17, 15) is 18.0 Å². The lowest BCUT2D eigenvalue weighted by atomic mass is 10.2. The molecule has 132 valence electrons. The third kappa shape index (κ3) is 5.88. The summed E-state index contributed by atoms with van der Waals surface area (Å²) in [5, 5.41) is 9.88. The fourth-order valence-electron chi connectivity index (χ4n) is 1.51. The van der Waals surface area contributed by atoms with Crippen molar-refractivity contribution in [3.8, 4) is 0 Å². The molecule has 0 aliphatic heterocycles. The molecule has 1 aromatic heterocycles. The Morgan fingerprint density at radius 1 is 1.38 bits per heavy atom. The molecule has 1 atom stereocenters. The van der Waals surface area contributed by atoms with Gasteiger partial charge in [0.25, 0.3) is 5.91 Å². The van der Waals surface area contributed by atoms with Gasteiger partial charge in [-0.15, -0.1) is 0 Å². The zero-order valence-electron chi connectivity index (χ0n) is 12.7. The molecule has 1 unspecified atom stereocenters. The first-order chi connectivity index (χ1) is 11.1. The number of carboxylic acid groups (broad SMARTS) is 1. The largest absolute Gasteiger partial charge is 0.490 e. The molecule has 0 bridgehead atoms. The second-order valence-electron chi connectivity index (χ2n) is 4.78. The number of aliphatic carboxylic acids is 1. The second-order valence-corrected chi connectivity index (χ2v) is 4.78. The van der Waals surface area contributed by atoms with Crippen molar-refractivity contribution >= 4 is 22.9 Å². The van der Waals surface area contributed by atoms with Crippen molar-refractivity contribution in [2.24, 2.45) is 5.73 Å². The summed E-state index contributed by atoms with van der Waals surface area (Å²) in [6.45, 7) is 2.45. The number of carbonyl (C=O) groups is 2. The third-order valence-electron chi connectivity index (χ3n) is 2.90. The molecule has 0 fully saturated rings. The van der Waals surface area contributed by atoms with Crippen molar-refractivity contribution in [3.05, 3.63) is 30.1 Å². The van der Waals surface area contributed by atoms with Crippen LogP contribution in [0.1, 0.15) is 24.0 Å². The number of fused-ring (bicyclic) bond motifs is 1. The van der Waals surface area contributed by atoms with Gasteiger partial charge in [0.2, 0.25) is 0 Å². The van der Waals surface area contributed by atoms with Crippen LogP contribution in [-0.4, -0.2) is 45.7 Å². The Hall–Kier alpha value is -2.62. The number of carbonyl (C=O) groups excluding carboxylic acids is 1. The number of H-pyrrole nitrogens is 1. The van der Waals surface area contributed by atoms with Crippen LogP contribution in [0.4, 0.5) is 13.2 Å². The van der Waals surface area contributed by atoms with Crippen LogP contribution in [0.25, 0.3) is 11.0 Å². The fraction of sp³-hybridized carbons (Fsp3) is 0.357. The molecule has 1 aromatic carbocycles. The van der Waals surface area contributed by atoms with Gasteiger partial charge in [-0.05, 0) is 18.6 Å². The Labute approximate surface area is 135 Å². The van der Waals surface area contributed by atoms with E-state index in [0.717, 1.165) is 17.5 Å². The van der Waals surface area contributed by atoms with Crippen molar-refractivity contribution in [1.29, 1.82) is 0 Å². The number of amides is 1. The number of rotatable bonds is 4. The van der Waals surface area contributed by atoms with E-state index in [0.29, 0.717) is 12.4 Å². The van der Waals surface area contributed by atoms with Crippen LogP contribution in [0.5, 0.6) is 0 Å². The van der Waals surface area contributed by atoms with Gasteiger partial charge in [-0.2, -0.15) is 13.2 Å². The number of para-hydroxylation sites is 2. The molecule has 2 rings (SSSR count). The Balaban J connectivity index is 0.000000351. The Bertz CT molecular complexity index is 667. The standard InChI is InChI=1S/C12H16N4O.C2HF3O2/c1-2-8(13)7-14-12(17)11-15-9-5-3-4-6-10(9)16-11;3-2(4,5)1(6)7/h3-6,8H,2,7,13H2,1H3,(H,14,17)(H,15,16);(H,6,7). The fourth-order valence-corrected chi connectivity index (χ4v) is 1.51. The highest BCUT2D eigenvalue weighted by Gasteiger charge is 2.38. The predicted molar refractivity (Wildman–Crippen MR) is 80.4 cm³/mol. The van der Waals surface area contributed by atoms with Gasteiger partial charge in [-0.3, -0.25) is 4.79 Å². The Morgan fingerprint density at radius 3 is 2.46 bits per heavy atom. The number of carboxylic acids is 1. The van der Waals surface area contributed by atoms with Crippen LogP contribution in [0, 0.1) is 0 Å². The van der Waals surface area contributed by atoms with Crippen LogP contribution in [0.3, 0.4) is 0 Å². The summed E-state index contributed by atoms with van der Waals surface area (Å²) in [6, 6.07) is 7.52. The monoisotopic (exact) mass is 346 g/mol. The van der Waals surface area contributed by atoms with E-state index < -0.39 is 12.1 Å². The summed E-state index contributed by atoms with van der Waals surface area (Å²) in [6.07, 6.45) is -4.25. The molecule has 1 amide bonds. The van der Waals surface area contributed by atoms with Crippen molar-refractivity contribution in [2.45, 2.75) is 25.6 Å². The number of halogens is 3. The smallest absolute Gasteiger partial charge is 0.475 e. The first-order valence-electron chi connectivity index (χ1n) is 6.93. The minimum Gasteiger partial charge on any atom is -0.475 e. The minimum atomic E-state index is -5.08. The summed E-state index contributed by atoms with van der Waals surface area (Å²) >= 11 is 0. The second kappa shape index (κ2) is 8.29. The molecule has 1 heterocycles. The van der Waals surface area contributed by atoms with Crippen LogP contribution in [0.2, 0.25) is 0 Å². The molecular weight excluding hydrogens is 329 g/mol. The van der Waals surface area contributed by atoms with Gasteiger partial charge in [-0.1, -0.05) is 19.1 Å². The number of hydrogen-bond donors (Lipinski definition) is 4. The number of aromatic amines is 1. The average molecular weight is 346 g/mol. The van der Waals surface area contributed by atoms with Gasteiger partial charge < -0.3 is 21.1 Å². The third-order valence-corrected chi connectivity index (χ3v) is 2.90. The molecule has 0 radical (unpaired) electrons. The molecule has 5 N–H and O–H groups in total. The van der Waals surface area contributed by atoms with Crippen molar-refractivity contribution in [3.63, 3.8) is 0 Å². The first kappa shape index (κ1) is 19.4. The highest BCUT2D eigenvalue weighted by molar-refractivity contribution is 5.94. The highest BCUT2D eigenvalue weighted by atomic mass is 19.4. The van der Waals surface area contributed by atoms with Gasteiger partial charge in [0.05, 0.1) is 11.0 Å². The zero-order valence-corrected chi connectivity index (χ0v) is 12.7. The maximum atomic E-state index is 11.8. The molecule has 0 saturated heterocycles. The molecule has 2 aromatic rings. The van der Waals surface area contributed by atoms with E-state index in [1.54, 1.807) is 0 Å². The van der Waals surface area contributed by atoms with Gasteiger partial charge >= 0.3 is 12.1 Å². The first-order valence-corrected chi connectivity index (χ1v) is 6.93. The molecule has 10 heteroatoms. The lowest BCUT2D eigenvalue weighted by molar-refractivity contribution is -0.192. The predicted octanol–water partition coefficient (Wildman–Crippen LogP) is 1.66. The molecule has 0 aliphatic rings. The average Bonchev–Trinajstić information content (AvgIpc) is 2.96. The summed E-state index contributed by atoms with van der Waals surface area (Å²) in [5.74, 6) is -2.65. The SMILES string of the molecule is CCC(N)CNC(=O)c1nc2ccccc2[nH]1.O=C(O)C(F)(F)F. The van der Waals surface area contributed by atoms with Crippen LogP contribution >= 0.6 is 0 Å². The molecular formula is C14H17F3N4O3. The number of benzene rings is 1. The lowest BCUT2D eigenvalue weighted by Gasteiger charge is -2.08. The number of imidazole rings is 1. The van der Waals surface area contributed by atoms with Gasteiger partial charge in [0, 0.05) is 12.6 Å². The van der Waals surface area contributed by atoms with Gasteiger partial charge in [0.15, 0.2) is 5.82 Å². The number of hydrogen-bond acceptors (Lipinski definition) is 4. The summed E-state index contributed by atoms with van der Waals surface area (Å²) in [5.41, 5.74) is 7.38. The van der Waals surface area contributed by atoms with E-state index in [2.05, 4.69) is 15.3 Å². The van der Waals surface area contributed by atoms with Crippen LogP contribution in [-0.2, 0) is 4.79 Å². The normalized spacial score (nSPS) is 12.2. The van der Waals surface area contributed by atoms with Crippen LogP contribution in [0.15, 0.2) is 24.3 Å².